The molecule has 0 bridgehead atoms. The molecule has 0 aliphatic rings. The minimum absolute atomic E-state index is 0.0194. The third kappa shape index (κ3) is 5.51. The maximum Gasteiger partial charge on any atom is 0.220 e. The molecule has 0 fully saturated rings. The van der Waals surface area contributed by atoms with E-state index in [4.69, 9.17) is 9.47 Å². The van der Waals surface area contributed by atoms with Crippen LogP contribution in [0.4, 0.5) is 0 Å². The zero-order valence-corrected chi connectivity index (χ0v) is 19.9. The molecule has 4 aromatic rings. The van der Waals surface area contributed by atoms with Crippen LogP contribution in [0, 0.1) is 0 Å². The van der Waals surface area contributed by atoms with Gasteiger partial charge >= 0.3 is 0 Å². The lowest BCUT2D eigenvalue weighted by atomic mass is 10.0. The number of carbonyl (C=O) groups excluding carboxylic acids is 1. The number of carbonyl (C=O) groups is 1. The van der Waals surface area contributed by atoms with Gasteiger partial charge in [-0.15, -0.1) is 11.3 Å². The van der Waals surface area contributed by atoms with Crippen molar-refractivity contribution < 1.29 is 14.3 Å². The molecule has 7 nitrogen and oxygen atoms in total. The number of amides is 1. The van der Waals surface area contributed by atoms with Gasteiger partial charge in [0, 0.05) is 31.9 Å². The molecule has 0 aliphatic heterocycles. The first-order valence-electron chi connectivity index (χ1n) is 10.9. The lowest BCUT2D eigenvalue weighted by Gasteiger charge is -2.20. The quantitative estimate of drug-likeness (QED) is 0.345. The normalized spacial score (nSPS) is 12.0. The van der Waals surface area contributed by atoms with Gasteiger partial charge in [-0.25, -0.2) is 9.97 Å². The molecule has 1 N–H and O–H groups in total. The van der Waals surface area contributed by atoms with Gasteiger partial charge < -0.3 is 19.4 Å². The molecular weight excluding hydrogens is 436 g/mol. The molecule has 2 aromatic heterocycles. The number of benzene rings is 2. The minimum atomic E-state index is -0.411. The van der Waals surface area contributed by atoms with Gasteiger partial charge in [0.05, 0.1) is 29.4 Å². The SMILES string of the molecule is COc1cc(OC)cc(C(NC(=O)CCCCc2nc3ccccc3s2)c2nccn2C)c1. The molecular formula is C25H28N4O3S. The predicted octanol–water partition coefficient (Wildman–Crippen LogP) is 4.67. The summed E-state index contributed by atoms with van der Waals surface area (Å²) in [5.74, 6) is 2.05. The Labute approximate surface area is 197 Å². The van der Waals surface area contributed by atoms with E-state index in [0.29, 0.717) is 17.9 Å². The van der Waals surface area contributed by atoms with Gasteiger partial charge in [0.2, 0.25) is 5.91 Å². The third-order valence-corrected chi connectivity index (χ3v) is 6.61. The fourth-order valence-corrected chi connectivity index (χ4v) is 4.78. The van der Waals surface area contributed by atoms with Crippen LogP contribution in [0.15, 0.2) is 54.9 Å². The molecule has 172 valence electrons. The topological polar surface area (TPSA) is 78.3 Å². The number of aryl methyl sites for hydroxylation is 2. The van der Waals surface area contributed by atoms with E-state index in [0.717, 1.165) is 41.2 Å². The second-order valence-corrected chi connectivity index (χ2v) is 8.94. The Morgan fingerprint density at radius 3 is 2.55 bits per heavy atom. The van der Waals surface area contributed by atoms with Crippen LogP contribution in [0.5, 0.6) is 11.5 Å². The van der Waals surface area contributed by atoms with Crippen LogP contribution in [0.1, 0.15) is 41.7 Å². The highest BCUT2D eigenvalue weighted by atomic mass is 32.1. The van der Waals surface area contributed by atoms with E-state index in [9.17, 15) is 4.79 Å². The summed E-state index contributed by atoms with van der Waals surface area (Å²) in [7, 11) is 5.13. The Hall–Kier alpha value is -3.39. The number of nitrogens with one attached hydrogen (secondary N) is 1. The molecule has 2 aromatic carbocycles. The fourth-order valence-electron chi connectivity index (χ4n) is 3.77. The molecule has 1 unspecified atom stereocenters. The Kier molecular flexibility index (Phi) is 7.24. The van der Waals surface area contributed by atoms with E-state index in [2.05, 4.69) is 21.4 Å². The van der Waals surface area contributed by atoms with E-state index in [-0.39, 0.29) is 5.91 Å². The number of nitrogens with zero attached hydrogens (tertiary/aromatic N) is 3. The first kappa shape index (κ1) is 22.8. The van der Waals surface area contributed by atoms with Gasteiger partial charge in [-0.2, -0.15) is 0 Å². The van der Waals surface area contributed by atoms with Crippen molar-refractivity contribution in [1.82, 2.24) is 19.9 Å². The van der Waals surface area contributed by atoms with Crippen molar-refractivity contribution in [2.45, 2.75) is 31.7 Å². The predicted molar refractivity (Wildman–Crippen MR) is 130 cm³/mol. The van der Waals surface area contributed by atoms with Gasteiger partial charge in [-0.1, -0.05) is 12.1 Å². The van der Waals surface area contributed by atoms with Crippen molar-refractivity contribution in [3.8, 4) is 11.5 Å². The highest BCUT2D eigenvalue weighted by molar-refractivity contribution is 7.18. The number of para-hydroxylation sites is 1. The summed E-state index contributed by atoms with van der Waals surface area (Å²) in [4.78, 5) is 22.0. The highest BCUT2D eigenvalue weighted by Crippen LogP contribution is 2.29. The Morgan fingerprint density at radius 1 is 1.12 bits per heavy atom. The summed E-state index contributed by atoms with van der Waals surface area (Å²) in [6.07, 6.45) is 6.60. The van der Waals surface area contributed by atoms with Crippen LogP contribution >= 0.6 is 11.3 Å². The average Bonchev–Trinajstić information content (AvgIpc) is 3.45. The Morgan fingerprint density at radius 2 is 1.88 bits per heavy atom. The van der Waals surface area contributed by atoms with Crippen LogP contribution in [-0.2, 0) is 18.3 Å². The molecule has 1 atom stereocenters. The van der Waals surface area contributed by atoms with E-state index < -0.39 is 6.04 Å². The van der Waals surface area contributed by atoms with E-state index in [1.807, 2.05) is 54.2 Å². The van der Waals surface area contributed by atoms with Crippen LogP contribution in [0.3, 0.4) is 0 Å². The molecule has 1 amide bonds. The summed E-state index contributed by atoms with van der Waals surface area (Å²) in [6.45, 7) is 0. The molecule has 0 spiro atoms. The van der Waals surface area contributed by atoms with Gasteiger partial charge in [0.1, 0.15) is 23.4 Å². The van der Waals surface area contributed by atoms with E-state index in [1.54, 1.807) is 31.8 Å². The van der Waals surface area contributed by atoms with Crippen molar-refractivity contribution in [3.05, 3.63) is 71.3 Å². The number of thiazole rings is 1. The largest absolute Gasteiger partial charge is 0.497 e. The molecule has 0 aliphatic carbocycles. The molecule has 0 saturated carbocycles. The summed E-state index contributed by atoms with van der Waals surface area (Å²) in [5.41, 5.74) is 1.89. The summed E-state index contributed by atoms with van der Waals surface area (Å²) < 4.78 is 13.9. The lowest BCUT2D eigenvalue weighted by Crippen LogP contribution is -2.31. The van der Waals surface area contributed by atoms with Gasteiger partial charge in [0.25, 0.3) is 0 Å². The second-order valence-electron chi connectivity index (χ2n) is 7.83. The zero-order chi connectivity index (χ0) is 23.2. The minimum Gasteiger partial charge on any atom is -0.497 e. The number of aromatic nitrogens is 3. The van der Waals surface area contributed by atoms with Crippen LogP contribution in [-0.4, -0.2) is 34.7 Å². The average molecular weight is 465 g/mol. The van der Waals surface area contributed by atoms with Crippen LogP contribution in [0.2, 0.25) is 0 Å². The first-order valence-corrected chi connectivity index (χ1v) is 11.7. The smallest absolute Gasteiger partial charge is 0.220 e. The first-order chi connectivity index (χ1) is 16.1. The number of methoxy groups -OCH3 is 2. The number of imidazole rings is 1. The Balaban J connectivity index is 1.41. The van der Waals surface area contributed by atoms with Gasteiger partial charge in [-0.05, 0) is 49.1 Å². The van der Waals surface area contributed by atoms with Crippen molar-refractivity contribution in [2.75, 3.05) is 14.2 Å². The summed E-state index contributed by atoms with van der Waals surface area (Å²) in [6, 6.07) is 13.4. The van der Waals surface area contributed by atoms with Crippen molar-refractivity contribution in [3.63, 3.8) is 0 Å². The van der Waals surface area contributed by atoms with Crippen molar-refractivity contribution in [1.29, 1.82) is 0 Å². The summed E-state index contributed by atoms with van der Waals surface area (Å²) in [5, 5.41) is 4.27. The lowest BCUT2D eigenvalue weighted by molar-refractivity contribution is -0.121. The van der Waals surface area contributed by atoms with Crippen LogP contribution in [0.25, 0.3) is 10.2 Å². The molecule has 8 heteroatoms. The molecule has 4 rings (SSSR count). The number of unbranched alkanes of at least 4 members (excludes halogenated alkanes) is 1. The molecule has 0 radical (unpaired) electrons. The zero-order valence-electron chi connectivity index (χ0n) is 19.1. The van der Waals surface area contributed by atoms with E-state index in [1.165, 1.54) is 4.70 Å². The van der Waals surface area contributed by atoms with E-state index >= 15 is 0 Å². The number of hydrogen-bond acceptors (Lipinski definition) is 6. The standard InChI is InChI=1S/C25H28N4O3S/c1-29-13-12-26-25(29)24(17-14-18(31-2)16-19(15-17)32-3)28-22(30)10-6-7-11-23-27-20-8-4-5-9-21(20)33-23/h4-5,8-9,12-16,24H,6-7,10-11H2,1-3H3,(H,28,30). The second kappa shape index (κ2) is 10.5. The molecule has 33 heavy (non-hydrogen) atoms. The third-order valence-electron chi connectivity index (χ3n) is 5.51. The van der Waals surface area contributed by atoms with Gasteiger partial charge in [-0.3, -0.25) is 4.79 Å². The van der Waals surface area contributed by atoms with Crippen molar-refractivity contribution in [2.24, 2.45) is 7.05 Å². The molecule has 2 heterocycles. The maximum atomic E-state index is 12.9. The van der Waals surface area contributed by atoms with Gasteiger partial charge in [0.15, 0.2) is 0 Å². The highest BCUT2D eigenvalue weighted by Gasteiger charge is 2.22. The fraction of sp³-hybridized carbons (Fsp3) is 0.320. The summed E-state index contributed by atoms with van der Waals surface area (Å²) >= 11 is 1.72. The monoisotopic (exact) mass is 464 g/mol. The number of fused-ring (bicyclic) bond motifs is 1. The number of rotatable bonds is 10. The maximum absolute atomic E-state index is 12.9. The number of hydrogen-bond donors (Lipinski definition) is 1. The molecule has 0 saturated heterocycles. The Bertz CT molecular complexity index is 1180. The van der Waals surface area contributed by atoms with Crippen molar-refractivity contribution >= 4 is 27.5 Å². The number of ether oxygens (including phenoxy) is 2. The van der Waals surface area contributed by atoms with Crippen LogP contribution < -0.4 is 14.8 Å².